The molecule has 0 spiro atoms. The van der Waals surface area contributed by atoms with Gasteiger partial charge in [-0.15, -0.1) is 0 Å². The monoisotopic (exact) mass is 267 g/mol. The summed E-state index contributed by atoms with van der Waals surface area (Å²) in [7, 11) is 0. The average molecular weight is 267 g/mol. The van der Waals surface area contributed by atoms with Crippen LogP contribution >= 0.6 is 12.2 Å². The molecule has 1 aromatic rings. The van der Waals surface area contributed by atoms with Crippen molar-refractivity contribution in [3.63, 3.8) is 0 Å². The molecule has 1 rings (SSSR count). The highest BCUT2D eigenvalue weighted by atomic mass is 32.1. The van der Waals surface area contributed by atoms with Crippen LogP contribution in [0.2, 0.25) is 0 Å². The highest BCUT2D eigenvalue weighted by Gasteiger charge is 2.26. The Morgan fingerprint density at radius 3 is 2.56 bits per heavy atom. The summed E-state index contributed by atoms with van der Waals surface area (Å²) in [5.41, 5.74) is 0.963. The molecule has 5 nitrogen and oxygen atoms in total. The van der Waals surface area contributed by atoms with Crippen LogP contribution in [0.3, 0.4) is 0 Å². The molecule has 0 heterocycles. The number of ether oxygens (including phenoxy) is 1. The predicted molar refractivity (Wildman–Crippen MR) is 68.7 cm³/mol. The van der Waals surface area contributed by atoms with Crippen LogP contribution < -0.4 is 0 Å². The van der Waals surface area contributed by atoms with Crippen LogP contribution in [0.1, 0.15) is 18.6 Å². The first-order chi connectivity index (χ1) is 8.60. The number of nitrogens with zero attached hydrogens (tertiary/aromatic N) is 1. The second kappa shape index (κ2) is 6.98. The minimum atomic E-state index is -1.61. The van der Waals surface area contributed by atoms with Crippen LogP contribution in [0.15, 0.2) is 29.3 Å². The minimum absolute atomic E-state index is 0.144. The van der Waals surface area contributed by atoms with Crippen molar-refractivity contribution in [1.29, 1.82) is 0 Å². The molecule has 2 N–H and O–H groups in total. The molecule has 1 aromatic carbocycles. The van der Waals surface area contributed by atoms with Gasteiger partial charge in [-0.05, 0) is 36.8 Å². The third-order valence-electron chi connectivity index (χ3n) is 2.24. The van der Waals surface area contributed by atoms with E-state index in [0.29, 0.717) is 11.3 Å². The standard InChI is InChI=1S/C12H13NO4S/c1-2-17-12(16)11(15)10(14)8-3-5-9(6-4-8)13-7-18/h3-6,10-11,14-15H,2H2,1H3. The van der Waals surface area contributed by atoms with Gasteiger partial charge in [0.15, 0.2) is 6.10 Å². The number of aliphatic hydroxyl groups excluding tert-OH is 2. The lowest BCUT2D eigenvalue weighted by Gasteiger charge is -2.16. The molecule has 0 aliphatic rings. The lowest BCUT2D eigenvalue weighted by molar-refractivity contribution is -0.159. The summed E-state index contributed by atoms with van der Waals surface area (Å²) >= 11 is 4.46. The number of hydrogen-bond donors (Lipinski definition) is 2. The molecular formula is C12H13NO4S. The first-order valence-electron chi connectivity index (χ1n) is 5.30. The SMILES string of the molecule is CCOC(=O)C(O)C(O)c1ccc(N=C=S)cc1. The van der Waals surface area contributed by atoms with E-state index in [1.165, 1.54) is 0 Å². The van der Waals surface area contributed by atoms with Crippen molar-refractivity contribution in [2.24, 2.45) is 4.99 Å². The smallest absolute Gasteiger partial charge is 0.338 e. The zero-order valence-corrected chi connectivity index (χ0v) is 10.6. The van der Waals surface area contributed by atoms with Crippen LogP contribution in [-0.4, -0.2) is 34.1 Å². The van der Waals surface area contributed by atoms with Gasteiger partial charge in [0.05, 0.1) is 17.5 Å². The Labute approximate surface area is 110 Å². The molecule has 0 radical (unpaired) electrons. The first-order valence-corrected chi connectivity index (χ1v) is 5.71. The zero-order chi connectivity index (χ0) is 13.5. The van der Waals surface area contributed by atoms with Gasteiger partial charge < -0.3 is 14.9 Å². The molecule has 96 valence electrons. The summed E-state index contributed by atoms with van der Waals surface area (Å²) in [5.74, 6) is -0.856. The maximum Gasteiger partial charge on any atom is 0.338 e. The highest BCUT2D eigenvalue weighted by Crippen LogP contribution is 2.21. The normalized spacial score (nSPS) is 13.3. The fraction of sp³-hybridized carbons (Fsp3) is 0.333. The van der Waals surface area contributed by atoms with Gasteiger partial charge in [0, 0.05) is 0 Å². The highest BCUT2D eigenvalue weighted by molar-refractivity contribution is 7.78. The summed E-state index contributed by atoms with van der Waals surface area (Å²) in [6.07, 6.45) is -2.95. The van der Waals surface area contributed by atoms with E-state index in [4.69, 9.17) is 0 Å². The van der Waals surface area contributed by atoms with Gasteiger partial charge in [-0.2, -0.15) is 4.99 Å². The van der Waals surface area contributed by atoms with Crippen LogP contribution in [0.25, 0.3) is 0 Å². The number of benzene rings is 1. The summed E-state index contributed by atoms with van der Waals surface area (Å²) < 4.78 is 4.62. The Morgan fingerprint density at radius 1 is 1.44 bits per heavy atom. The molecule has 0 saturated carbocycles. The molecule has 0 bridgehead atoms. The molecule has 0 aromatic heterocycles. The van der Waals surface area contributed by atoms with Crippen LogP contribution in [0, 0.1) is 0 Å². The maximum absolute atomic E-state index is 11.3. The number of carbonyl (C=O) groups excluding carboxylic acids is 1. The van der Waals surface area contributed by atoms with Crippen LogP contribution in [0.5, 0.6) is 0 Å². The molecule has 0 aliphatic heterocycles. The van der Waals surface area contributed by atoms with Crippen molar-refractivity contribution in [2.45, 2.75) is 19.1 Å². The van der Waals surface area contributed by atoms with E-state index in [9.17, 15) is 15.0 Å². The van der Waals surface area contributed by atoms with E-state index in [1.807, 2.05) is 0 Å². The Balaban J connectivity index is 2.80. The minimum Gasteiger partial charge on any atom is -0.464 e. The van der Waals surface area contributed by atoms with Gasteiger partial charge in [-0.25, -0.2) is 4.79 Å². The molecule has 0 amide bonds. The van der Waals surface area contributed by atoms with E-state index < -0.39 is 18.2 Å². The maximum atomic E-state index is 11.3. The van der Waals surface area contributed by atoms with E-state index >= 15 is 0 Å². The van der Waals surface area contributed by atoms with Gasteiger partial charge in [-0.1, -0.05) is 12.1 Å². The van der Waals surface area contributed by atoms with Crippen molar-refractivity contribution >= 4 is 29.0 Å². The Bertz CT molecular complexity index is 454. The van der Waals surface area contributed by atoms with Gasteiger partial charge in [0.25, 0.3) is 0 Å². The molecule has 18 heavy (non-hydrogen) atoms. The number of aliphatic hydroxyl groups is 2. The zero-order valence-electron chi connectivity index (χ0n) is 9.74. The summed E-state index contributed by atoms with van der Waals surface area (Å²) in [6, 6.07) is 6.27. The number of aliphatic imine (C=N–C) groups is 1. The number of carbonyl (C=O) groups is 1. The Kier molecular flexibility index (Phi) is 5.61. The molecule has 0 saturated heterocycles. The number of esters is 1. The van der Waals surface area contributed by atoms with Crippen LogP contribution in [-0.2, 0) is 9.53 Å². The summed E-state index contributed by atoms with van der Waals surface area (Å²) in [6.45, 7) is 1.76. The van der Waals surface area contributed by atoms with Gasteiger partial charge in [0.2, 0.25) is 0 Å². The molecule has 0 fully saturated rings. The van der Waals surface area contributed by atoms with Crippen molar-refractivity contribution < 1.29 is 19.7 Å². The Hall–Kier alpha value is -1.59. The second-order valence-electron chi connectivity index (χ2n) is 3.44. The van der Waals surface area contributed by atoms with Gasteiger partial charge in [0.1, 0.15) is 6.10 Å². The number of isothiocyanates is 1. The van der Waals surface area contributed by atoms with Crippen LogP contribution in [0.4, 0.5) is 5.69 Å². The van der Waals surface area contributed by atoms with E-state index in [0.717, 1.165) is 0 Å². The van der Waals surface area contributed by atoms with Gasteiger partial charge in [-0.3, -0.25) is 0 Å². The molecule has 2 atom stereocenters. The third kappa shape index (κ3) is 3.72. The van der Waals surface area contributed by atoms with Gasteiger partial charge >= 0.3 is 5.97 Å². The average Bonchev–Trinajstić information content (AvgIpc) is 2.38. The van der Waals surface area contributed by atoms with Crippen molar-refractivity contribution in [3.8, 4) is 0 Å². The second-order valence-corrected chi connectivity index (χ2v) is 3.62. The number of thiocarbonyl (C=S) groups is 1. The molecule has 0 aliphatic carbocycles. The van der Waals surface area contributed by atoms with E-state index in [1.54, 1.807) is 31.2 Å². The fourth-order valence-electron chi connectivity index (χ4n) is 1.34. The van der Waals surface area contributed by atoms with Crippen molar-refractivity contribution in [2.75, 3.05) is 6.61 Å². The topological polar surface area (TPSA) is 79.1 Å². The Morgan fingerprint density at radius 2 is 2.06 bits per heavy atom. The quantitative estimate of drug-likeness (QED) is 0.478. The number of hydrogen-bond acceptors (Lipinski definition) is 6. The van der Waals surface area contributed by atoms with Crippen molar-refractivity contribution in [3.05, 3.63) is 29.8 Å². The summed E-state index contributed by atoms with van der Waals surface area (Å²) in [5, 5.41) is 21.6. The van der Waals surface area contributed by atoms with E-state index in [-0.39, 0.29) is 6.61 Å². The van der Waals surface area contributed by atoms with Crippen molar-refractivity contribution in [1.82, 2.24) is 0 Å². The predicted octanol–water partition coefficient (Wildman–Crippen LogP) is 1.38. The largest absolute Gasteiger partial charge is 0.464 e. The summed E-state index contributed by atoms with van der Waals surface area (Å²) in [4.78, 5) is 15.0. The third-order valence-corrected chi connectivity index (χ3v) is 2.33. The molecular weight excluding hydrogens is 254 g/mol. The lowest BCUT2D eigenvalue weighted by Crippen LogP contribution is -2.29. The lowest BCUT2D eigenvalue weighted by atomic mass is 10.0. The number of rotatable bonds is 5. The fourth-order valence-corrected chi connectivity index (χ4v) is 1.44. The molecule has 6 heteroatoms. The van der Waals surface area contributed by atoms with E-state index in [2.05, 4.69) is 27.1 Å². The molecule has 2 unspecified atom stereocenters. The first kappa shape index (κ1) is 14.5.